The molecule has 0 saturated heterocycles. The summed E-state index contributed by atoms with van der Waals surface area (Å²) in [4.78, 5) is 2.29. The Morgan fingerprint density at radius 2 is 1.59 bits per heavy atom. The smallest absolute Gasteiger partial charge is 0.124 e. The molecule has 0 aliphatic rings. The minimum atomic E-state index is 0. The Balaban J connectivity index is 0.00000242. The number of rotatable bonds is 5. The molecule has 22 heavy (non-hydrogen) atoms. The molecular weight excluding hydrogens is 296 g/mol. The van der Waals surface area contributed by atoms with E-state index in [4.69, 9.17) is 10.5 Å². The zero-order valence-electron chi connectivity index (χ0n) is 13.7. The van der Waals surface area contributed by atoms with Crippen LogP contribution in [0.2, 0.25) is 0 Å². The molecule has 2 rings (SSSR count). The number of hydrogen-bond donors (Lipinski definition) is 1. The first-order valence-corrected chi connectivity index (χ1v) is 7.16. The summed E-state index contributed by atoms with van der Waals surface area (Å²) in [6.45, 7) is 5.97. The Kier molecular flexibility index (Phi) is 6.72. The number of nitrogen functional groups attached to an aromatic ring is 1. The predicted octanol–water partition coefficient (Wildman–Crippen LogP) is 3.95. The molecule has 120 valence electrons. The molecule has 2 N–H and O–H groups in total. The van der Waals surface area contributed by atoms with Crippen molar-refractivity contribution < 1.29 is 4.74 Å². The van der Waals surface area contributed by atoms with Gasteiger partial charge in [0.15, 0.2) is 0 Å². The van der Waals surface area contributed by atoms with Crippen molar-refractivity contribution in [2.45, 2.75) is 26.9 Å². The normalized spacial score (nSPS) is 10.4. The minimum Gasteiger partial charge on any atom is -0.496 e. The number of aryl methyl sites for hydroxylation is 2. The quantitative estimate of drug-likeness (QED) is 0.848. The van der Waals surface area contributed by atoms with Gasteiger partial charge in [0.05, 0.1) is 7.11 Å². The van der Waals surface area contributed by atoms with Crippen molar-refractivity contribution >= 4 is 18.1 Å². The Morgan fingerprint density at radius 1 is 1.00 bits per heavy atom. The van der Waals surface area contributed by atoms with Crippen LogP contribution in [0.15, 0.2) is 36.4 Å². The first-order chi connectivity index (χ1) is 9.99. The van der Waals surface area contributed by atoms with Crippen molar-refractivity contribution in [1.29, 1.82) is 0 Å². The molecule has 3 nitrogen and oxygen atoms in total. The van der Waals surface area contributed by atoms with Gasteiger partial charge < -0.3 is 10.5 Å². The van der Waals surface area contributed by atoms with Crippen molar-refractivity contribution in [3.63, 3.8) is 0 Å². The van der Waals surface area contributed by atoms with Crippen LogP contribution >= 0.6 is 12.4 Å². The van der Waals surface area contributed by atoms with Crippen molar-refractivity contribution in [2.24, 2.45) is 0 Å². The van der Waals surface area contributed by atoms with Crippen LogP contribution in [0.5, 0.6) is 5.75 Å². The second-order valence-electron chi connectivity index (χ2n) is 5.68. The minimum absolute atomic E-state index is 0. The summed E-state index contributed by atoms with van der Waals surface area (Å²) < 4.78 is 5.42. The maximum absolute atomic E-state index is 5.83. The third-order valence-corrected chi connectivity index (χ3v) is 3.58. The maximum Gasteiger partial charge on any atom is 0.124 e. The van der Waals surface area contributed by atoms with Gasteiger partial charge in [0.1, 0.15) is 5.75 Å². The molecule has 0 radical (unpaired) electrons. The fourth-order valence-corrected chi connectivity index (χ4v) is 2.82. The number of benzene rings is 2. The van der Waals surface area contributed by atoms with E-state index in [-0.39, 0.29) is 12.4 Å². The highest BCUT2D eigenvalue weighted by Crippen LogP contribution is 2.25. The lowest BCUT2D eigenvalue weighted by Crippen LogP contribution is -2.17. The van der Waals surface area contributed by atoms with Crippen LogP contribution < -0.4 is 10.5 Å². The van der Waals surface area contributed by atoms with Gasteiger partial charge in [-0.05, 0) is 55.3 Å². The molecule has 0 amide bonds. The number of halogens is 1. The molecule has 0 atom stereocenters. The fraction of sp³-hybridized carbons (Fsp3) is 0.333. The SMILES string of the molecule is COc1c(C)cc(CN(C)Cc2cccc(N)c2)cc1C.Cl. The van der Waals surface area contributed by atoms with Crippen LogP contribution in [0.3, 0.4) is 0 Å². The second-order valence-corrected chi connectivity index (χ2v) is 5.68. The lowest BCUT2D eigenvalue weighted by atomic mass is 10.1. The summed E-state index contributed by atoms with van der Waals surface area (Å²) in [7, 11) is 3.85. The third kappa shape index (κ3) is 4.65. The second kappa shape index (κ2) is 8.06. The van der Waals surface area contributed by atoms with Crippen LogP contribution in [0.4, 0.5) is 5.69 Å². The van der Waals surface area contributed by atoms with E-state index in [1.165, 1.54) is 22.3 Å². The molecule has 2 aromatic carbocycles. The molecule has 0 fully saturated rings. The number of ether oxygens (including phenoxy) is 1. The van der Waals surface area contributed by atoms with E-state index >= 15 is 0 Å². The highest BCUT2D eigenvalue weighted by Gasteiger charge is 2.08. The van der Waals surface area contributed by atoms with Gasteiger partial charge in [-0.1, -0.05) is 24.3 Å². The lowest BCUT2D eigenvalue weighted by Gasteiger charge is -2.19. The van der Waals surface area contributed by atoms with E-state index in [9.17, 15) is 0 Å². The summed E-state index contributed by atoms with van der Waals surface area (Å²) in [6.07, 6.45) is 0. The Hall–Kier alpha value is -1.71. The monoisotopic (exact) mass is 320 g/mol. The van der Waals surface area contributed by atoms with Gasteiger partial charge in [0.2, 0.25) is 0 Å². The van der Waals surface area contributed by atoms with Crippen molar-refractivity contribution in [3.05, 3.63) is 58.7 Å². The van der Waals surface area contributed by atoms with Crippen LogP contribution in [0.1, 0.15) is 22.3 Å². The molecule has 0 aliphatic heterocycles. The molecule has 0 aliphatic carbocycles. The number of nitrogens with zero attached hydrogens (tertiary/aromatic N) is 1. The number of methoxy groups -OCH3 is 1. The van der Waals surface area contributed by atoms with Crippen LogP contribution in [-0.4, -0.2) is 19.1 Å². The van der Waals surface area contributed by atoms with Crippen molar-refractivity contribution in [2.75, 3.05) is 19.9 Å². The van der Waals surface area contributed by atoms with Crippen molar-refractivity contribution in [1.82, 2.24) is 4.90 Å². The van der Waals surface area contributed by atoms with Gasteiger partial charge in [-0.2, -0.15) is 0 Å². The maximum atomic E-state index is 5.83. The topological polar surface area (TPSA) is 38.5 Å². The zero-order chi connectivity index (χ0) is 15.4. The van der Waals surface area contributed by atoms with Crippen LogP contribution in [-0.2, 0) is 13.1 Å². The predicted molar refractivity (Wildman–Crippen MR) is 95.7 cm³/mol. The molecule has 4 heteroatoms. The highest BCUT2D eigenvalue weighted by molar-refractivity contribution is 5.85. The van der Waals surface area contributed by atoms with Gasteiger partial charge in [-0.25, -0.2) is 0 Å². The first kappa shape index (κ1) is 18.3. The van der Waals surface area contributed by atoms with Gasteiger partial charge in [0, 0.05) is 18.8 Å². The highest BCUT2D eigenvalue weighted by atomic mass is 35.5. The summed E-state index contributed by atoms with van der Waals surface area (Å²) in [5, 5.41) is 0. The van der Waals surface area contributed by atoms with Crippen LogP contribution in [0, 0.1) is 13.8 Å². The van der Waals surface area contributed by atoms with Gasteiger partial charge in [-0.15, -0.1) is 12.4 Å². The molecule has 0 spiro atoms. The number of anilines is 1. The van der Waals surface area contributed by atoms with E-state index in [0.717, 1.165) is 24.5 Å². The van der Waals surface area contributed by atoms with E-state index < -0.39 is 0 Å². The summed E-state index contributed by atoms with van der Waals surface area (Å²) >= 11 is 0. The number of hydrogen-bond acceptors (Lipinski definition) is 3. The zero-order valence-corrected chi connectivity index (χ0v) is 14.5. The van der Waals surface area contributed by atoms with E-state index in [1.54, 1.807) is 7.11 Å². The fourth-order valence-electron chi connectivity index (χ4n) is 2.82. The van der Waals surface area contributed by atoms with Crippen molar-refractivity contribution in [3.8, 4) is 5.75 Å². The summed E-state index contributed by atoms with van der Waals surface area (Å²) in [5.41, 5.74) is 11.6. The van der Waals surface area contributed by atoms with Gasteiger partial charge in [-0.3, -0.25) is 4.90 Å². The Morgan fingerprint density at radius 3 is 2.14 bits per heavy atom. The Labute approximate surface area is 139 Å². The average Bonchev–Trinajstić information content (AvgIpc) is 2.38. The number of nitrogens with two attached hydrogens (primary N) is 1. The first-order valence-electron chi connectivity index (χ1n) is 7.16. The molecule has 0 saturated carbocycles. The third-order valence-electron chi connectivity index (χ3n) is 3.58. The molecule has 0 heterocycles. The lowest BCUT2D eigenvalue weighted by molar-refractivity contribution is 0.318. The summed E-state index contributed by atoms with van der Waals surface area (Å²) in [5.74, 6) is 0.984. The largest absolute Gasteiger partial charge is 0.496 e. The van der Waals surface area contributed by atoms with E-state index in [1.807, 2.05) is 18.2 Å². The Bertz CT molecular complexity index is 605. The molecule has 0 unspecified atom stereocenters. The van der Waals surface area contributed by atoms with Crippen LogP contribution in [0.25, 0.3) is 0 Å². The van der Waals surface area contributed by atoms with E-state index in [2.05, 4.69) is 44.0 Å². The molecule has 0 aromatic heterocycles. The molecular formula is C18H25ClN2O. The molecule has 0 bridgehead atoms. The average molecular weight is 321 g/mol. The standard InChI is InChI=1S/C18H24N2O.ClH/c1-13-8-16(9-14(2)18(13)21-4)12-20(3)11-15-6-5-7-17(19)10-15;/h5-10H,11-12,19H2,1-4H3;1H. The van der Waals surface area contributed by atoms with Gasteiger partial charge in [0.25, 0.3) is 0 Å². The summed E-state index contributed by atoms with van der Waals surface area (Å²) in [6, 6.07) is 12.4. The van der Waals surface area contributed by atoms with E-state index in [0.29, 0.717) is 0 Å². The van der Waals surface area contributed by atoms with Gasteiger partial charge >= 0.3 is 0 Å². The molecule has 2 aromatic rings.